The van der Waals surface area contributed by atoms with Crippen molar-refractivity contribution in [1.29, 1.82) is 0 Å². The number of phenolic OH excluding ortho intramolecular Hbond substituents is 2. The molecule has 0 radical (unpaired) electrons. The summed E-state index contributed by atoms with van der Waals surface area (Å²) in [5.41, 5.74) is -14.3. The minimum atomic E-state index is -7.22. The van der Waals surface area contributed by atoms with Crippen LogP contribution in [0.1, 0.15) is 0 Å². The minimum absolute atomic E-state index is 0.253. The molecule has 0 saturated carbocycles. The maximum absolute atomic E-state index is 15.4. The second-order valence-corrected chi connectivity index (χ2v) is 15.4. The molecule has 0 saturated heterocycles. The van der Waals surface area contributed by atoms with E-state index in [2.05, 4.69) is 12.1 Å². The van der Waals surface area contributed by atoms with Crippen molar-refractivity contribution < 1.29 is 98.0 Å². The fourth-order valence-corrected chi connectivity index (χ4v) is 9.07. The van der Waals surface area contributed by atoms with Gasteiger partial charge in [-0.15, -0.1) is 21.9 Å². The van der Waals surface area contributed by atoms with Crippen LogP contribution in [-0.2, 0) is 10.9 Å². The molecular formula is C42H15BF20O2S. The Labute approximate surface area is 357 Å². The van der Waals surface area contributed by atoms with E-state index in [0.29, 0.717) is 0 Å². The molecule has 7 rings (SSSR count). The summed E-state index contributed by atoms with van der Waals surface area (Å²) in [6.45, 7) is 0. The van der Waals surface area contributed by atoms with Crippen LogP contribution >= 0.6 is 0 Å². The molecular weight excluding hydrogens is 959 g/mol. The van der Waals surface area contributed by atoms with Gasteiger partial charge in [0.05, 0.1) is 10.9 Å². The van der Waals surface area contributed by atoms with E-state index < -0.39 is 144 Å². The fourth-order valence-electron chi connectivity index (χ4n) is 7.00. The van der Waals surface area contributed by atoms with E-state index in [0.717, 1.165) is 9.79 Å². The largest absolute Gasteiger partial charge is 0.508 e. The first-order valence-electron chi connectivity index (χ1n) is 17.5. The molecule has 0 fully saturated rings. The molecule has 24 heteroatoms. The molecule has 0 aromatic heterocycles. The maximum atomic E-state index is 15.4. The van der Waals surface area contributed by atoms with Gasteiger partial charge in [0.2, 0.25) is 0 Å². The summed E-state index contributed by atoms with van der Waals surface area (Å²) < 4.78 is 294. The van der Waals surface area contributed by atoms with Gasteiger partial charge in [0.15, 0.2) is 84.5 Å². The average Bonchev–Trinajstić information content (AvgIpc) is 3.30. The Morgan fingerprint density at radius 3 is 0.636 bits per heavy atom. The Morgan fingerprint density at radius 2 is 0.424 bits per heavy atom. The zero-order valence-corrected chi connectivity index (χ0v) is 32.3. The van der Waals surface area contributed by atoms with Crippen molar-refractivity contribution in [3.8, 4) is 11.5 Å². The summed E-state index contributed by atoms with van der Waals surface area (Å²) in [4.78, 5) is 3.46. The predicted octanol–water partition coefficient (Wildman–Crippen LogP) is 10.0. The zero-order chi connectivity index (χ0) is 49.0. The van der Waals surface area contributed by atoms with E-state index in [1.165, 1.54) is 4.90 Å². The van der Waals surface area contributed by atoms with E-state index in [9.17, 15) is 62.9 Å². The van der Waals surface area contributed by atoms with Crippen molar-refractivity contribution in [2.45, 2.75) is 14.7 Å². The van der Waals surface area contributed by atoms with Crippen LogP contribution < -0.4 is 21.9 Å². The van der Waals surface area contributed by atoms with Crippen LogP contribution in [0.2, 0.25) is 0 Å². The SMILES string of the molecule is Fc1c(F)c(F)c([B-](c2c(F)c(F)c(F)c(F)c2F)(c2c(F)c(F)c(F)c(F)c2F)c2c(F)c(F)c(F)c(F)c2F)c(F)c1F.Oc1ccc([S+](c2ccccc2)c2ccc(O)cc2)cc1. The third kappa shape index (κ3) is 7.68. The second kappa shape index (κ2) is 18.2. The van der Waals surface area contributed by atoms with Crippen molar-refractivity contribution in [3.05, 3.63) is 195 Å². The lowest BCUT2D eigenvalue weighted by atomic mass is 9.12. The highest BCUT2D eigenvalue weighted by molar-refractivity contribution is 7.97. The summed E-state index contributed by atoms with van der Waals surface area (Å²) in [6.07, 6.45) is -7.22. The first-order chi connectivity index (χ1) is 30.9. The molecule has 0 heterocycles. The fraction of sp³-hybridized carbons (Fsp3) is 0. The predicted molar refractivity (Wildman–Crippen MR) is 194 cm³/mol. The summed E-state index contributed by atoms with van der Waals surface area (Å²) in [6, 6.07) is 24.8. The van der Waals surface area contributed by atoms with Gasteiger partial charge in [-0.1, -0.05) is 18.2 Å². The molecule has 344 valence electrons. The Hall–Kier alpha value is -6.85. The molecule has 0 aliphatic carbocycles. The van der Waals surface area contributed by atoms with Crippen LogP contribution in [-0.4, -0.2) is 16.4 Å². The van der Waals surface area contributed by atoms with E-state index in [4.69, 9.17) is 0 Å². The quantitative estimate of drug-likeness (QED) is 0.0550. The van der Waals surface area contributed by atoms with Crippen LogP contribution in [0, 0.1) is 116 Å². The molecule has 0 atom stereocenters. The highest BCUT2D eigenvalue weighted by atomic mass is 32.2. The van der Waals surface area contributed by atoms with Gasteiger partial charge in [-0.3, -0.25) is 0 Å². The normalized spacial score (nSPS) is 11.6. The van der Waals surface area contributed by atoms with Gasteiger partial charge in [0.1, 0.15) is 64.2 Å². The van der Waals surface area contributed by atoms with Gasteiger partial charge < -0.3 is 10.2 Å². The van der Waals surface area contributed by atoms with Crippen LogP contribution in [0.25, 0.3) is 0 Å². The second-order valence-electron chi connectivity index (χ2n) is 13.4. The van der Waals surface area contributed by atoms with E-state index >= 15 is 35.1 Å². The van der Waals surface area contributed by atoms with Gasteiger partial charge >= 0.3 is 0 Å². The first kappa shape index (κ1) is 48.6. The third-order valence-electron chi connectivity index (χ3n) is 9.83. The third-order valence-corrected chi connectivity index (χ3v) is 12.1. The molecule has 2 nitrogen and oxygen atoms in total. The number of hydrogen-bond donors (Lipinski definition) is 2. The maximum Gasteiger partial charge on any atom is 0.200 e. The molecule has 0 aliphatic rings. The lowest BCUT2D eigenvalue weighted by molar-refractivity contribution is 0.378. The molecule has 7 aromatic rings. The molecule has 0 amide bonds. The Morgan fingerprint density at radius 1 is 0.242 bits per heavy atom. The van der Waals surface area contributed by atoms with Crippen LogP contribution in [0.15, 0.2) is 93.5 Å². The van der Waals surface area contributed by atoms with Crippen LogP contribution in [0.5, 0.6) is 11.5 Å². The Kier molecular flexibility index (Phi) is 13.4. The summed E-state index contributed by atoms with van der Waals surface area (Å²) >= 11 is 0. The monoisotopic (exact) mass is 974 g/mol. The number of benzene rings is 7. The van der Waals surface area contributed by atoms with E-state index in [-0.39, 0.29) is 22.4 Å². The van der Waals surface area contributed by atoms with Gasteiger partial charge in [-0.05, 0) is 60.7 Å². The molecule has 0 bridgehead atoms. The summed E-state index contributed by atoms with van der Waals surface area (Å²) in [7, 11) is -0.253. The Bertz CT molecular complexity index is 2620. The highest BCUT2D eigenvalue weighted by Gasteiger charge is 2.52. The number of hydrogen-bond acceptors (Lipinski definition) is 2. The highest BCUT2D eigenvalue weighted by Crippen LogP contribution is 2.34. The topological polar surface area (TPSA) is 40.5 Å². The smallest absolute Gasteiger partial charge is 0.200 e. The van der Waals surface area contributed by atoms with Crippen molar-refractivity contribution in [2.24, 2.45) is 0 Å². The molecule has 0 aliphatic heterocycles. The Balaban J connectivity index is 0.000000284. The molecule has 0 spiro atoms. The number of rotatable bonds is 7. The number of aromatic hydroxyl groups is 2. The van der Waals surface area contributed by atoms with Crippen molar-refractivity contribution in [3.63, 3.8) is 0 Å². The summed E-state index contributed by atoms with van der Waals surface area (Å²) in [5, 5.41) is 19.0. The minimum Gasteiger partial charge on any atom is -0.508 e. The lowest BCUT2D eigenvalue weighted by Gasteiger charge is -2.44. The van der Waals surface area contributed by atoms with Gasteiger partial charge in [0.25, 0.3) is 0 Å². The number of phenols is 2. The van der Waals surface area contributed by atoms with Crippen molar-refractivity contribution in [1.82, 2.24) is 0 Å². The van der Waals surface area contributed by atoms with Crippen molar-refractivity contribution >= 4 is 38.9 Å². The standard InChI is InChI=1S/C24BF20.C18H14O2S/c26-5-1(6(27)14(35)21(42)13(5)34)25(2-7(28)15(36)22(43)16(37)8(2)29,3-9(30)17(38)23(44)18(39)10(3)31)4-11(32)19(40)24(45)20(41)12(4)33;19-14-6-10-17(11-7-14)21(16-4-2-1-3-5-16)18-12-8-15(20)9-13-18/h;1-13H,(H-,19,20)/q-1;/p+1. The number of halogens is 20. The molecule has 2 N–H and O–H groups in total. The van der Waals surface area contributed by atoms with Gasteiger partial charge in [0, 0.05) is 0 Å². The van der Waals surface area contributed by atoms with Gasteiger partial charge in [-0.2, -0.15) is 0 Å². The van der Waals surface area contributed by atoms with Gasteiger partial charge in [-0.25, -0.2) is 87.8 Å². The van der Waals surface area contributed by atoms with Crippen LogP contribution in [0.4, 0.5) is 87.8 Å². The summed E-state index contributed by atoms with van der Waals surface area (Å²) in [5.74, 6) is -70.9. The lowest BCUT2D eigenvalue weighted by Crippen LogP contribution is -2.81. The molecule has 66 heavy (non-hydrogen) atoms. The van der Waals surface area contributed by atoms with E-state index in [1.807, 2.05) is 42.5 Å². The van der Waals surface area contributed by atoms with Crippen molar-refractivity contribution in [2.75, 3.05) is 0 Å². The molecule has 7 aromatic carbocycles. The van der Waals surface area contributed by atoms with E-state index in [1.54, 1.807) is 24.3 Å². The van der Waals surface area contributed by atoms with Crippen LogP contribution in [0.3, 0.4) is 0 Å². The zero-order valence-electron chi connectivity index (χ0n) is 31.4. The average molecular weight is 974 g/mol. The molecule has 0 unspecified atom stereocenters. The first-order valence-corrected chi connectivity index (χ1v) is 18.8.